The van der Waals surface area contributed by atoms with Crippen molar-refractivity contribution < 1.29 is 4.42 Å². The molecule has 2 nitrogen and oxygen atoms in total. The van der Waals surface area contributed by atoms with Crippen LogP contribution < -0.4 is 0 Å². The van der Waals surface area contributed by atoms with E-state index >= 15 is 0 Å². The Labute approximate surface area is 93.4 Å². The van der Waals surface area contributed by atoms with Crippen LogP contribution in [0.3, 0.4) is 0 Å². The molecule has 1 heterocycles. The Kier molecular flexibility index (Phi) is 6.76. The number of aryl methyl sites for hydroxylation is 2. The predicted octanol–water partition coefficient (Wildman–Crippen LogP) is 4.38. The summed E-state index contributed by atoms with van der Waals surface area (Å²) in [6.45, 7) is 12.0. The molecular weight excluding hydrogens is 186 g/mol. The SMILES string of the molecule is CC.CC.CC1=Cc2nc(C)oc2CC1. The molecule has 0 aromatic carbocycles. The second-order valence-electron chi connectivity index (χ2n) is 3.03. The summed E-state index contributed by atoms with van der Waals surface area (Å²) in [4.78, 5) is 4.26. The molecule has 0 aliphatic heterocycles. The lowest BCUT2D eigenvalue weighted by Crippen LogP contribution is -1.93. The predicted molar refractivity (Wildman–Crippen MR) is 65.9 cm³/mol. The molecule has 1 aliphatic rings. The summed E-state index contributed by atoms with van der Waals surface area (Å²) >= 11 is 0. The zero-order valence-electron chi connectivity index (χ0n) is 10.8. The molecule has 0 amide bonds. The van der Waals surface area contributed by atoms with E-state index in [0.717, 1.165) is 30.2 Å². The van der Waals surface area contributed by atoms with Crippen molar-refractivity contribution in [1.82, 2.24) is 4.98 Å². The van der Waals surface area contributed by atoms with E-state index in [1.165, 1.54) is 5.57 Å². The van der Waals surface area contributed by atoms with E-state index in [0.29, 0.717) is 0 Å². The van der Waals surface area contributed by atoms with Crippen LogP contribution in [0.5, 0.6) is 0 Å². The van der Waals surface area contributed by atoms with E-state index in [2.05, 4.69) is 18.0 Å². The maximum atomic E-state index is 5.40. The van der Waals surface area contributed by atoms with E-state index in [-0.39, 0.29) is 0 Å². The molecule has 86 valence electrons. The average molecular weight is 209 g/mol. The Bertz CT molecular complexity index is 310. The van der Waals surface area contributed by atoms with Crippen LogP contribution in [0.1, 0.15) is 58.4 Å². The van der Waals surface area contributed by atoms with Gasteiger partial charge in [0.25, 0.3) is 0 Å². The van der Waals surface area contributed by atoms with Crippen LogP contribution in [0, 0.1) is 6.92 Å². The van der Waals surface area contributed by atoms with Crippen LogP contribution in [0.15, 0.2) is 9.99 Å². The Balaban J connectivity index is 0.000000442. The Hall–Kier alpha value is -1.05. The first kappa shape index (κ1) is 13.9. The van der Waals surface area contributed by atoms with Crippen molar-refractivity contribution in [3.8, 4) is 0 Å². The van der Waals surface area contributed by atoms with Gasteiger partial charge < -0.3 is 4.42 Å². The molecule has 0 fully saturated rings. The van der Waals surface area contributed by atoms with Gasteiger partial charge in [0, 0.05) is 13.3 Å². The minimum Gasteiger partial charge on any atom is -0.445 e. The van der Waals surface area contributed by atoms with Crippen molar-refractivity contribution in [3.05, 3.63) is 22.9 Å². The minimum absolute atomic E-state index is 0.779. The molecule has 1 aromatic rings. The van der Waals surface area contributed by atoms with E-state index in [4.69, 9.17) is 4.42 Å². The molecule has 2 heteroatoms. The second kappa shape index (κ2) is 7.27. The Morgan fingerprint density at radius 3 is 2.27 bits per heavy atom. The fraction of sp³-hybridized carbons (Fsp3) is 0.615. The zero-order chi connectivity index (χ0) is 11.8. The molecule has 2 rings (SSSR count). The first-order valence-electron chi connectivity index (χ1n) is 5.89. The number of allylic oxidation sites excluding steroid dienone is 1. The summed E-state index contributed by atoms with van der Waals surface area (Å²) in [5, 5.41) is 0. The fourth-order valence-electron chi connectivity index (χ4n) is 1.39. The van der Waals surface area contributed by atoms with Gasteiger partial charge in [0.15, 0.2) is 5.89 Å². The van der Waals surface area contributed by atoms with Gasteiger partial charge in [-0.05, 0) is 19.4 Å². The van der Waals surface area contributed by atoms with E-state index in [1.807, 2.05) is 34.6 Å². The molecular formula is C13H23NO. The molecule has 0 spiro atoms. The van der Waals surface area contributed by atoms with Crippen molar-refractivity contribution in [2.45, 2.75) is 54.4 Å². The van der Waals surface area contributed by atoms with Gasteiger partial charge in [-0.2, -0.15) is 0 Å². The highest BCUT2D eigenvalue weighted by molar-refractivity contribution is 5.52. The Morgan fingerprint density at radius 1 is 1.07 bits per heavy atom. The summed E-state index contributed by atoms with van der Waals surface area (Å²) in [5.74, 6) is 1.83. The third-order valence-electron chi connectivity index (χ3n) is 1.96. The average Bonchev–Trinajstić information content (AvgIpc) is 2.63. The van der Waals surface area contributed by atoms with E-state index < -0.39 is 0 Å². The minimum atomic E-state index is 0.779. The Morgan fingerprint density at radius 2 is 1.67 bits per heavy atom. The quantitative estimate of drug-likeness (QED) is 0.633. The van der Waals surface area contributed by atoms with Crippen molar-refractivity contribution in [3.63, 3.8) is 0 Å². The van der Waals surface area contributed by atoms with Gasteiger partial charge in [-0.1, -0.05) is 33.3 Å². The lowest BCUT2D eigenvalue weighted by Gasteiger charge is -2.05. The molecule has 1 aromatic heterocycles. The number of rotatable bonds is 0. The molecule has 0 bridgehead atoms. The molecule has 0 atom stereocenters. The molecule has 0 saturated carbocycles. The summed E-state index contributed by atoms with van der Waals surface area (Å²) in [7, 11) is 0. The smallest absolute Gasteiger partial charge is 0.191 e. The summed E-state index contributed by atoms with van der Waals surface area (Å²) in [6, 6.07) is 0. The second-order valence-corrected chi connectivity index (χ2v) is 3.03. The lowest BCUT2D eigenvalue weighted by atomic mass is 10.0. The van der Waals surface area contributed by atoms with Crippen molar-refractivity contribution in [1.29, 1.82) is 0 Å². The molecule has 0 N–H and O–H groups in total. The molecule has 1 aliphatic carbocycles. The number of nitrogens with zero attached hydrogens (tertiary/aromatic N) is 1. The number of aromatic nitrogens is 1. The highest BCUT2D eigenvalue weighted by Gasteiger charge is 2.13. The molecule has 0 radical (unpaired) electrons. The van der Waals surface area contributed by atoms with Crippen LogP contribution in [0.25, 0.3) is 6.08 Å². The van der Waals surface area contributed by atoms with Crippen molar-refractivity contribution >= 4 is 6.08 Å². The van der Waals surface area contributed by atoms with Crippen LogP contribution in [-0.4, -0.2) is 4.98 Å². The summed E-state index contributed by atoms with van der Waals surface area (Å²) in [5.41, 5.74) is 2.43. The van der Waals surface area contributed by atoms with Crippen LogP contribution in [0.2, 0.25) is 0 Å². The summed E-state index contributed by atoms with van der Waals surface area (Å²) < 4.78 is 5.40. The van der Waals surface area contributed by atoms with E-state index in [1.54, 1.807) is 0 Å². The third kappa shape index (κ3) is 3.90. The van der Waals surface area contributed by atoms with Crippen LogP contribution in [0.4, 0.5) is 0 Å². The highest BCUT2D eigenvalue weighted by atomic mass is 16.4. The summed E-state index contributed by atoms with van der Waals surface area (Å²) in [6.07, 6.45) is 4.23. The molecule has 15 heavy (non-hydrogen) atoms. The normalized spacial score (nSPS) is 12.5. The van der Waals surface area contributed by atoms with Crippen LogP contribution in [-0.2, 0) is 6.42 Å². The van der Waals surface area contributed by atoms with Gasteiger partial charge >= 0.3 is 0 Å². The van der Waals surface area contributed by atoms with Gasteiger partial charge in [0.1, 0.15) is 11.5 Å². The van der Waals surface area contributed by atoms with Gasteiger partial charge in [-0.25, -0.2) is 4.98 Å². The first-order valence-corrected chi connectivity index (χ1v) is 5.89. The first-order chi connectivity index (χ1) is 7.25. The standard InChI is InChI=1S/C9H11NO.2C2H6/c1-6-3-4-9-8(5-6)10-7(2)11-9;2*1-2/h5H,3-4H2,1-2H3;2*1-2H3. The molecule has 0 saturated heterocycles. The maximum Gasteiger partial charge on any atom is 0.191 e. The van der Waals surface area contributed by atoms with Gasteiger partial charge in [-0.15, -0.1) is 0 Å². The molecule has 0 unspecified atom stereocenters. The lowest BCUT2D eigenvalue weighted by molar-refractivity contribution is 0.472. The maximum absolute atomic E-state index is 5.40. The van der Waals surface area contributed by atoms with Crippen LogP contribution >= 0.6 is 0 Å². The fourth-order valence-corrected chi connectivity index (χ4v) is 1.39. The number of hydrogen-bond acceptors (Lipinski definition) is 2. The third-order valence-corrected chi connectivity index (χ3v) is 1.96. The number of hydrogen-bond donors (Lipinski definition) is 0. The topological polar surface area (TPSA) is 26.0 Å². The largest absolute Gasteiger partial charge is 0.445 e. The van der Waals surface area contributed by atoms with Crippen molar-refractivity contribution in [2.75, 3.05) is 0 Å². The highest BCUT2D eigenvalue weighted by Crippen LogP contribution is 2.23. The number of oxazole rings is 1. The zero-order valence-corrected chi connectivity index (χ0v) is 10.8. The van der Waals surface area contributed by atoms with Gasteiger partial charge in [0.2, 0.25) is 0 Å². The monoisotopic (exact) mass is 209 g/mol. The van der Waals surface area contributed by atoms with E-state index in [9.17, 15) is 0 Å². The van der Waals surface area contributed by atoms with Crippen molar-refractivity contribution in [2.24, 2.45) is 0 Å². The number of fused-ring (bicyclic) bond motifs is 1. The van der Waals surface area contributed by atoms with Gasteiger partial charge in [-0.3, -0.25) is 0 Å². The van der Waals surface area contributed by atoms with Gasteiger partial charge in [0.05, 0.1) is 0 Å².